The first-order valence-corrected chi connectivity index (χ1v) is 9.46. The predicted octanol–water partition coefficient (Wildman–Crippen LogP) is 3.86. The van der Waals surface area contributed by atoms with Crippen LogP contribution in [-0.4, -0.2) is 44.3 Å². The molecule has 0 bridgehead atoms. The van der Waals surface area contributed by atoms with Crippen LogP contribution in [0.3, 0.4) is 0 Å². The maximum atomic E-state index is 12.6. The lowest BCUT2D eigenvalue weighted by atomic mass is 10.2. The number of rotatable bonds is 7. The number of hydrogen-bond acceptors (Lipinski definition) is 4. The van der Waals surface area contributed by atoms with Crippen LogP contribution >= 0.6 is 35.7 Å². The van der Waals surface area contributed by atoms with Gasteiger partial charge in [-0.3, -0.25) is 4.99 Å². The van der Waals surface area contributed by atoms with Gasteiger partial charge in [0.1, 0.15) is 11.5 Å². The number of aliphatic imine (C=N–C) groups is 1. The molecular weight excluding hydrogens is 475 g/mol. The van der Waals surface area contributed by atoms with Crippen molar-refractivity contribution < 1.29 is 18.3 Å². The third kappa shape index (κ3) is 6.98. The Balaban J connectivity index is 0.00000338. The number of hydrogen-bond donors (Lipinski definition) is 2. The third-order valence-corrected chi connectivity index (χ3v) is 5.31. The number of ether oxygens (including phenoxy) is 2. The van der Waals surface area contributed by atoms with Gasteiger partial charge in [-0.1, -0.05) is 0 Å². The number of guanidine groups is 1. The highest BCUT2D eigenvalue weighted by atomic mass is 127. The summed E-state index contributed by atoms with van der Waals surface area (Å²) in [5, 5.41) is 7.24. The summed E-state index contributed by atoms with van der Waals surface area (Å²) in [5.74, 6) is 1.22. The Morgan fingerprint density at radius 3 is 2.73 bits per heavy atom. The van der Waals surface area contributed by atoms with E-state index in [9.17, 15) is 8.78 Å². The fraction of sp³-hybridized carbons (Fsp3) is 0.588. The minimum Gasteiger partial charge on any atom is -0.497 e. The van der Waals surface area contributed by atoms with Crippen molar-refractivity contribution in [1.82, 2.24) is 10.6 Å². The molecule has 1 saturated carbocycles. The van der Waals surface area contributed by atoms with Gasteiger partial charge in [0, 0.05) is 36.5 Å². The van der Waals surface area contributed by atoms with Gasteiger partial charge in [-0.25, -0.2) is 0 Å². The molecule has 2 rings (SSSR count). The second kappa shape index (κ2) is 11.7. The number of halogens is 3. The SMILES string of the molecule is CN=C(NCc1ccc(OC)cc1OC(F)F)NC1CCC(SC)C1.I. The van der Waals surface area contributed by atoms with E-state index >= 15 is 0 Å². The van der Waals surface area contributed by atoms with E-state index in [1.165, 1.54) is 19.6 Å². The van der Waals surface area contributed by atoms with E-state index in [0.29, 0.717) is 35.1 Å². The molecule has 1 aromatic carbocycles. The van der Waals surface area contributed by atoms with Gasteiger partial charge in [0.25, 0.3) is 0 Å². The fourth-order valence-corrected chi connectivity index (χ4v) is 3.66. The number of nitrogens with zero attached hydrogens (tertiary/aromatic N) is 1. The maximum Gasteiger partial charge on any atom is 0.387 e. The molecular formula is C17H26F2IN3O2S. The molecule has 1 aliphatic rings. The van der Waals surface area contributed by atoms with E-state index in [-0.39, 0.29) is 29.7 Å². The molecule has 1 aliphatic carbocycles. The maximum absolute atomic E-state index is 12.6. The highest BCUT2D eigenvalue weighted by Gasteiger charge is 2.24. The summed E-state index contributed by atoms with van der Waals surface area (Å²) in [5.41, 5.74) is 0.609. The first-order chi connectivity index (χ1) is 12.0. The molecule has 5 nitrogen and oxygen atoms in total. The van der Waals surface area contributed by atoms with Crippen molar-refractivity contribution in [2.24, 2.45) is 4.99 Å². The van der Waals surface area contributed by atoms with Gasteiger partial charge in [-0.15, -0.1) is 24.0 Å². The Hall–Kier alpha value is -0.970. The molecule has 1 aromatic rings. The average molecular weight is 501 g/mol. The normalized spacial score (nSPS) is 19.8. The van der Waals surface area contributed by atoms with Crippen LogP contribution in [0.15, 0.2) is 23.2 Å². The van der Waals surface area contributed by atoms with Crippen LogP contribution < -0.4 is 20.1 Å². The fourth-order valence-electron chi connectivity index (χ4n) is 2.87. The first kappa shape index (κ1) is 23.1. The van der Waals surface area contributed by atoms with Crippen molar-refractivity contribution in [3.05, 3.63) is 23.8 Å². The lowest BCUT2D eigenvalue weighted by Crippen LogP contribution is -2.42. The molecule has 0 heterocycles. The molecule has 26 heavy (non-hydrogen) atoms. The summed E-state index contributed by atoms with van der Waals surface area (Å²) in [4.78, 5) is 4.22. The second-order valence-electron chi connectivity index (χ2n) is 5.79. The minimum absolute atomic E-state index is 0. The zero-order valence-electron chi connectivity index (χ0n) is 15.1. The molecule has 0 aromatic heterocycles. The number of methoxy groups -OCH3 is 1. The lowest BCUT2D eigenvalue weighted by molar-refractivity contribution is -0.0505. The van der Waals surface area contributed by atoms with Crippen LogP contribution in [0.1, 0.15) is 24.8 Å². The quantitative estimate of drug-likeness (QED) is 0.338. The standard InChI is InChI=1S/C17H25F2N3O2S.HI/c1-20-17(22-12-5-7-14(8-12)25-3)21-10-11-4-6-13(23-2)9-15(11)24-16(18)19;/h4,6,9,12,14,16H,5,7-8,10H2,1-3H3,(H2,20,21,22);1H. The lowest BCUT2D eigenvalue weighted by Gasteiger charge is -2.18. The molecule has 2 unspecified atom stereocenters. The van der Waals surface area contributed by atoms with E-state index in [0.717, 1.165) is 12.8 Å². The van der Waals surface area contributed by atoms with Crippen LogP contribution in [0, 0.1) is 0 Å². The van der Waals surface area contributed by atoms with E-state index < -0.39 is 6.61 Å². The minimum atomic E-state index is -2.88. The topological polar surface area (TPSA) is 54.9 Å². The van der Waals surface area contributed by atoms with Crippen molar-refractivity contribution >= 4 is 41.7 Å². The summed E-state index contributed by atoms with van der Waals surface area (Å²) in [6.07, 6.45) is 5.54. The molecule has 2 atom stereocenters. The van der Waals surface area contributed by atoms with Crippen molar-refractivity contribution in [3.63, 3.8) is 0 Å². The third-order valence-electron chi connectivity index (χ3n) is 4.22. The summed E-state index contributed by atoms with van der Waals surface area (Å²) in [6, 6.07) is 5.26. The molecule has 9 heteroatoms. The smallest absolute Gasteiger partial charge is 0.387 e. The summed E-state index contributed by atoms with van der Waals surface area (Å²) in [6.45, 7) is -2.56. The summed E-state index contributed by atoms with van der Waals surface area (Å²) in [7, 11) is 3.18. The predicted molar refractivity (Wildman–Crippen MR) is 113 cm³/mol. The summed E-state index contributed by atoms with van der Waals surface area (Å²) >= 11 is 1.89. The van der Waals surface area contributed by atoms with Crippen molar-refractivity contribution in [2.45, 2.75) is 43.7 Å². The Morgan fingerprint density at radius 1 is 1.38 bits per heavy atom. The number of thioether (sulfide) groups is 1. The Bertz CT molecular complexity index is 593. The van der Waals surface area contributed by atoms with Gasteiger partial charge in [0.2, 0.25) is 0 Å². The zero-order valence-corrected chi connectivity index (χ0v) is 18.3. The first-order valence-electron chi connectivity index (χ1n) is 8.17. The molecule has 0 spiro atoms. The van der Waals surface area contributed by atoms with Gasteiger partial charge in [-0.05, 0) is 37.7 Å². The molecule has 1 fully saturated rings. The average Bonchev–Trinajstić information content (AvgIpc) is 3.06. The second-order valence-corrected chi connectivity index (χ2v) is 6.93. The monoisotopic (exact) mass is 501 g/mol. The van der Waals surface area contributed by atoms with Crippen molar-refractivity contribution in [3.8, 4) is 11.5 Å². The van der Waals surface area contributed by atoms with Gasteiger partial charge >= 0.3 is 6.61 Å². The van der Waals surface area contributed by atoms with E-state index in [1.807, 2.05) is 11.8 Å². The van der Waals surface area contributed by atoms with E-state index in [4.69, 9.17) is 4.74 Å². The Labute approximate surface area is 174 Å². The largest absolute Gasteiger partial charge is 0.497 e. The molecule has 0 saturated heterocycles. The summed E-state index contributed by atoms with van der Waals surface area (Å²) < 4.78 is 34.9. The van der Waals surface area contributed by atoms with Crippen molar-refractivity contribution in [2.75, 3.05) is 20.4 Å². The number of nitrogens with one attached hydrogen (secondary N) is 2. The van der Waals surface area contributed by atoms with Crippen LogP contribution in [0.25, 0.3) is 0 Å². The van der Waals surface area contributed by atoms with Crippen LogP contribution in [0.5, 0.6) is 11.5 Å². The Kier molecular flexibility index (Phi) is 10.4. The molecule has 0 aliphatic heterocycles. The van der Waals surface area contributed by atoms with E-state index in [1.54, 1.807) is 19.2 Å². The molecule has 148 valence electrons. The van der Waals surface area contributed by atoms with Gasteiger partial charge in [0.15, 0.2) is 5.96 Å². The number of alkyl halides is 2. The van der Waals surface area contributed by atoms with Gasteiger partial charge < -0.3 is 20.1 Å². The Morgan fingerprint density at radius 2 is 2.15 bits per heavy atom. The van der Waals surface area contributed by atoms with Crippen molar-refractivity contribution in [1.29, 1.82) is 0 Å². The van der Waals surface area contributed by atoms with Gasteiger partial charge in [0.05, 0.1) is 7.11 Å². The highest BCUT2D eigenvalue weighted by Crippen LogP contribution is 2.28. The number of benzene rings is 1. The van der Waals surface area contributed by atoms with E-state index in [2.05, 4.69) is 26.6 Å². The molecule has 0 amide bonds. The van der Waals surface area contributed by atoms with Crippen LogP contribution in [0.4, 0.5) is 8.78 Å². The molecule has 0 radical (unpaired) electrons. The van der Waals surface area contributed by atoms with Crippen LogP contribution in [0.2, 0.25) is 0 Å². The molecule has 2 N–H and O–H groups in total. The van der Waals surface area contributed by atoms with Crippen LogP contribution in [-0.2, 0) is 6.54 Å². The van der Waals surface area contributed by atoms with Gasteiger partial charge in [-0.2, -0.15) is 20.5 Å². The highest BCUT2D eigenvalue weighted by molar-refractivity contribution is 14.0. The zero-order chi connectivity index (χ0) is 18.2.